The van der Waals surface area contributed by atoms with Gasteiger partial charge in [-0.2, -0.15) is 0 Å². The number of hydrogen-bond acceptors (Lipinski definition) is 5. The van der Waals surface area contributed by atoms with Crippen LogP contribution in [0.4, 0.5) is 8.78 Å². The molecule has 0 radical (unpaired) electrons. The molecule has 0 spiro atoms. The number of hydrogen-bond donors (Lipinski definition) is 0. The van der Waals surface area contributed by atoms with E-state index in [1.807, 2.05) is 19.9 Å². The first-order valence-corrected chi connectivity index (χ1v) is 10.1. The fourth-order valence-electron chi connectivity index (χ4n) is 3.18. The van der Waals surface area contributed by atoms with Crippen LogP contribution in [-0.4, -0.2) is 25.0 Å². The van der Waals surface area contributed by atoms with Gasteiger partial charge < -0.3 is 10.2 Å². The molecule has 1 aromatic carbocycles. The third-order valence-electron chi connectivity index (χ3n) is 5.21. The Morgan fingerprint density at radius 2 is 1.45 bits per heavy atom. The maximum absolute atomic E-state index is 14.2. The number of aromatic nitrogens is 6. The summed E-state index contributed by atoms with van der Waals surface area (Å²) < 4.78 is 27.5. The standard InChI is InChI=1S/C24H22F2N6.Pt/c1-23(2,3)20-13-17(31-32-20)22-28-11-9-19(30-22)24(4,5)18-8-10-27-21(29-18)15-7-6-14(25)12-16(15)26;/h6,8-13H,1-5H3;/q-2;+2. The van der Waals surface area contributed by atoms with Crippen molar-refractivity contribution in [2.75, 3.05) is 0 Å². The van der Waals surface area contributed by atoms with E-state index < -0.39 is 17.0 Å². The molecule has 33 heavy (non-hydrogen) atoms. The van der Waals surface area contributed by atoms with E-state index in [2.05, 4.69) is 52.0 Å². The van der Waals surface area contributed by atoms with Gasteiger partial charge in [0.1, 0.15) is 5.82 Å². The second kappa shape index (κ2) is 9.18. The van der Waals surface area contributed by atoms with Crippen LogP contribution in [0.3, 0.4) is 0 Å². The fraction of sp³-hybridized carbons (Fsp3) is 0.292. The maximum Gasteiger partial charge on any atom is 2.00 e. The molecular weight excluding hydrogens is 605 g/mol. The molecular formula is C24H22F2N6Pt. The van der Waals surface area contributed by atoms with Crippen LogP contribution < -0.4 is 5.10 Å². The molecule has 0 fully saturated rings. The van der Waals surface area contributed by atoms with Crippen molar-refractivity contribution in [1.82, 2.24) is 30.1 Å². The number of halogens is 2. The monoisotopic (exact) mass is 627 g/mol. The molecule has 0 N–H and O–H groups in total. The van der Waals surface area contributed by atoms with Crippen molar-refractivity contribution < 1.29 is 29.8 Å². The van der Waals surface area contributed by atoms with Gasteiger partial charge in [-0.25, -0.2) is 9.97 Å². The van der Waals surface area contributed by atoms with Crippen molar-refractivity contribution in [3.05, 3.63) is 77.5 Å². The van der Waals surface area contributed by atoms with Crippen molar-refractivity contribution in [2.45, 2.75) is 45.4 Å². The molecule has 4 aromatic rings. The average Bonchev–Trinajstić information content (AvgIpc) is 3.25. The topological polar surface area (TPSA) is 78.5 Å². The van der Waals surface area contributed by atoms with Gasteiger partial charge in [-0.1, -0.05) is 44.2 Å². The zero-order chi connectivity index (χ0) is 23.1. The van der Waals surface area contributed by atoms with Gasteiger partial charge >= 0.3 is 21.1 Å². The van der Waals surface area contributed by atoms with Crippen LogP contribution >= 0.6 is 0 Å². The van der Waals surface area contributed by atoms with Gasteiger partial charge in [-0.3, -0.25) is 18.7 Å². The summed E-state index contributed by atoms with van der Waals surface area (Å²) in [6, 6.07) is 9.85. The predicted molar refractivity (Wildman–Crippen MR) is 116 cm³/mol. The molecule has 0 amide bonds. The molecule has 0 aliphatic carbocycles. The Balaban J connectivity index is 0.00000306. The van der Waals surface area contributed by atoms with E-state index in [0.29, 0.717) is 22.9 Å². The van der Waals surface area contributed by atoms with Crippen LogP contribution in [0.5, 0.6) is 0 Å². The van der Waals surface area contributed by atoms with Crippen LogP contribution in [-0.2, 0) is 31.9 Å². The molecule has 4 rings (SSSR count). The Morgan fingerprint density at radius 1 is 0.848 bits per heavy atom. The summed E-state index contributed by atoms with van der Waals surface area (Å²) in [4.78, 5) is 17.7. The molecule has 6 nitrogen and oxygen atoms in total. The second-order valence-electron chi connectivity index (χ2n) is 9.06. The maximum atomic E-state index is 14.2. The summed E-state index contributed by atoms with van der Waals surface area (Å²) in [7, 11) is 0. The number of benzene rings is 1. The summed E-state index contributed by atoms with van der Waals surface area (Å²) in [5.74, 6) is -0.889. The van der Waals surface area contributed by atoms with E-state index in [0.717, 1.165) is 17.8 Å². The van der Waals surface area contributed by atoms with E-state index in [1.165, 1.54) is 6.20 Å². The van der Waals surface area contributed by atoms with E-state index in [9.17, 15) is 8.78 Å². The van der Waals surface area contributed by atoms with Gasteiger partial charge in [0.15, 0.2) is 0 Å². The van der Waals surface area contributed by atoms with Gasteiger partial charge in [0.25, 0.3) is 0 Å². The van der Waals surface area contributed by atoms with Crippen molar-refractivity contribution in [2.24, 2.45) is 0 Å². The summed E-state index contributed by atoms with van der Waals surface area (Å²) in [5.41, 5.74) is 2.00. The SMILES string of the molecule is CC(C)(C)c1cc(-c2nccc(C(C)(C)c3ccnc(-c4[c-]cc(F)cc4F)n3)n2)[n-]n1.[Pt+2]. The molecule has 0 aliphatic rings. The van der Waals surface area contributed by atoms with E-state index in [-0.39, 0.29) is 37.9 Å². The van der Waals surface area contributed by atoms with E-state index >= 15 is 0 Å². The van der Waals surface area contributed by atoms with Gasteiger partial charge in [-0.15, -0.1) is 12.1 Å². The summed E-state index contributed by atoms with van der Waals surface area (Å²) >= 11 is 0. The number of rotatable bonds is 4. The molecule has 0 atom stereocenters. The van der Waals surface area contributed by atoms with Crippen molar-refractivity contribution in [1.29, 1.82) is 0 Å². The first-order chi connectivity index (χ1) is 15.1. The smallest absolute Gasteiger partial charge is 0.572 e. The van der Waals surface area contributed by atoms with Crippen molar-refractivity contribution in [3.63, 3.8) is 0 Å². The minimum atomic E-state index is -0.770. The van der Waals surface area contributed by atoms with Crippen LogP contribution in [0.1, 0.15) is 51.7 Å². The van der Waals surface area contributed by atoms with Crippen LogP contribution in [0.25, 0.3) is 22.9 Å². The predicted octanol–water partition coefficient (Wildman–Crippen LogP) is 4.65. The zero-order valence-corrected chi connectivity index (χ0v) is 21.1. The number of nitrogens with zero attached hydrogens (tertiary/aromatic N) is 6. The minimum Gasteiger partial charge on any atom is -0.572 e. The Labute approximate surface area is 205 Å². The Kier molecular flexibility index (Phi) is 6.89. The Morgan fingerprint density at radius 3 is 2.03 bits per heavy atom. The van der Waals surface area contributed by atoms with E-state index in [1.54, 1.807) is 18.3 Å². The molecule has 0 saturated carbocycles. The molecule has 0 aliphatic heterocycles. The molecule has 0 saturated heterocycles. The van der Waals surface area contributed by atoms with E-state index in [4.69, 9.17) is 4.98 Å². The minimum absolute atomic E-state index is 0. The van der Waals surface area contributed by atoms with Crippen LogP contribution in [0.2, 0.25) is 0 Å². The fourth-order valence-corrected chi connectivity index (χ4v) is 3.18. The summed E-state index contributed by atoms with van der Waals surface area (Å²) in [6.07, 6.45) is 3.21. The van der Waals surface area contributed by atoms with Gasteiger partial charge in [0.2, 0.25) is 0 Å². The van der Waals surface area contributed by atoms with Crippen LogP contribution in [0.15, 0.2) is 42.7 Å². The molecule has 0 unspecified atom stereocenters. The molecule has 0 bridgehead atoms. The quantitative estimate of drug-likeness (QED) is 0.307. The van der Waals surface area contributed by atoms with Gasteiger partial charge in [-0.05, 0) is 26.0 Å². The zero-order valence-electron chi connectivity index (χ0n) is 18.8. The van der Waals surface area contributed by atoms with Crippen LogP contribution in [0, 0.1) is 17.7 Å². The first kappa shape index (κ1) is 24.8. The summed E-state index contributed by atoms with van der Waals surface area (Å²) in [6.45, 7) is 10.1. The molecule has 3 aromatic heterocycles. The summed E-state index contributed by atoms with van der Waals surface area (Å²) in [5, 5.41) is 8.50. The first-order valence-electron chi connectivity index (χ1n) is 10.1. The molecule has 3 heterocycles. The van der Waals surface area contributed by atoms with Crippen molar-refractivity contribution in [3.8, 4) is 22.9 Å². The largest absolute Gasteiger partial charge is 2.00 e. The van der Waals surface area contributed by atoms with Crippen molar-refractivity contribution >= 4 is 0 Å². The normalized spacial score (nSPS) is 11.8. The Bertz CT molecular complexity index is 1280. The van der Waals surface area contributed by atoms with Gasteiger partial charge in [0, 0.05) is 46.2 Å². The Hall–Kier alpha value is -2.86. The second-order valence-corrected chi connectivity index (χ2v) is 9.06. The molecule has 172 valence electrons. The third-order valence-corrected chi connectivity index (χ3v) is 5.21. The van der Waals surface area contributed by atoms with Gasteiger partial charge in [0.05, 0.1) is 11.5 Å². The average molecular weight is 628 g/mol. The third kappa shape index (κ3) is 5.06. The molecule has 9 heteroatoms.